The number of halogens is 3. The highest BCUT2D eigenvalue weighted by Gasteiger charge is 2.26. The first kappa shape index (κ1) is 28.7. The monoisotopic (exact) mass is 600 g/mol. The van der Waals surface area contributed by atoms with Gasteiger partial charge in [0.15, 0.2) is 5.96 Å². The van der Waals surface area contributed by atoms with Crippen LogP contribution in [0.2, 0.25) is 5.02 Å². The van der Waals surface area contributed by atoms with Crippen LogP contribution < -0.4 is 15.5 Å². The fourth-order valence-electron chi connectivity index (χ4n) is 5.65. The zero-order chi connectivity index (χ0) is 30.2. The maximum Gasteiger partial charge on any atom is 0.227 e. The molecule has 1 fully saturated rings. The number of aliphatic imine (C=N–C) groups is 1. The average molecular weight is 601 g/mol. The Morgan fingerprint density at radius 1 is 1.02 bits per heavy atom. The smallest absolute Gasteiger partial charge is 0.227 e. The molecule has 6 rings (SSSR count). The molecule has 11 heteroatoms. The molecule has 3 heterocycles. The van der Waals surface area contributed by atoms with Crippen molar-refractivity contribution < 1.29 is 8.78 Å². The lowest BCUT2D eigenvalue weighted by Crippen LogP contribution is -2.58. The predicted molar refractivity (Wildman–Crippen MR) is 168 cm³/mol. The molecule has 3 N–H and O–H groups in total. The molecule has 1 unspecified atom stereocenters. The number of fused-ring (bicyclic) bond motifs is 3. The second-order valence-corrected chi connectivity index (χ2v) is 11.4. The van der Waals surface area contributed by atoms with E-state index in [1.165, 1.54) is 18.2 Å². The Morgan fingerprint density at radius 3 is 2.42 bits per heavy atom. The number of hydrogen-bond acceptors (Lipinski definition) is 6. The zero-order valence-electron chi connectivity index (χ0n) is 24.0. The van der Waals surface area contributed by atoms with Gasteiger partial charge in [-0.25, -0.2) is 18.7 Å². The second-order valence-electron chi connectivity index (χ2n) is 10.9. The fraction of sp³-hybridized carbons (Fsp3) is 0.250. The van der Waals surface area contributed by atoms with Crippen molar-refractivity contribution in [3.05, 3.63) is 100 Å². The number of rotatable bonds is 4. The number of piperazine rings is 1. The molecule has 0 radical (unpaired) electrons. The van der Waals surface area contributed by atoms with Gasteiger partial charge in [0.05, 0.1) is 23.5 Å². The van der Waals surface area contributed by atoms with Crippen LogP contribution >= 0.6 is 11.6 Å². The van der Waals surface area contributed by atoms with Crippen LogP contribution in [0.15, 0.2) is 71.9 Å². The molecule has 220 valence electrons. The Bertz CT molecular complexity index is 1700. The molecule has 0 saturated carbocycles. The van der Waals surface area contributed by atoms with E-state index in [2.05, 4.69) is 39.4 Å². The van der Waals surface area contributed by atoms with Gasteiger partial charge in [0, 0.05) is 71.5 Å². The van der Waals surface area contributed by atoms with Gasteiger partial charge in [-0.15, -0.1) is 0 Å². The third kappa shape index (κ3) is 5.80. The van der Waals surface area contributed by atoms with Crippen molar-refractivity contribution in [1.82, 2.24) is 20.2 Å². The Hall–Kier alpha value is -4.41. The van der Waals surface area contributed by atoms with E-state index in [-0.39, 0.29) is 17.8 Å². The maximum absolute atomic E-state index is 14.8. The van der Waals surface area contributed by atoms with Crippen molar-refractivity contribution in [3.63, 3.8) is 0 Å². The molecule has 2 aliphatic rings. The van der Waals surface area contributed by atoms with E-state index in [0.29, 0.717) is 51.4 Å². The highest BCUT2D eigenvalue weighted by atomic mass is 35.5. The minimum absolute atomic E-state index is 0.142. The number of hydrogen-bond donors (Lipinski definition) is 3. The second kappa shape index (κ2) is 11.7. The molecular weight excluding hydrogens is 570 g/mol. The molecule has 1 aromatic heterocycles. The fourth-order valence-corrected chi connectivity index (χ4v) is 5.83. The third-order valence-corrected chi connectivity index (χ3v) is 7.88. The molecular formula is C32H31ClF2N8. The van der Waals surface area contributed by atoms with E-state index in [0.717, 1.165) is 24.5 Å². The molecule has 2 aliphatic heterocycles. The van der Waals surface area contributed by atoms with Crippen molar-refractivity contribution in [2.75, 3.05) is 30.4 Å². The van der Waals surface area contributed by atoms with Crippen molar-refractivity contribution >= 4 is 40.6 Å². The van der Waals surface area contributed by atoms with Crippen LogP contribution in [0.3, 0.4) is 0 Å². The van der Waals surface area contributed by atoms with Crippen LogP contribution in [0.1, 0.15) is 30.5 Å². The Kier molecular flexibility index (Phi) is 7.81. The summed E-state index contributed by atoms with van der Waals surface area (Å²) in [4.78, 5) is 17.8. The van der Waals surface area contributed by atoms with Gasteiger partial charge in [0.25, 0.3) is 0 Å². The summed E-state index contributed by atoms with van der Waals surface area (Å²) in [7, 11) is 1.89. The Labute approximate surface area is 254 Å². The maximum atomic E-state index is 14.8. The molecule has 0 aliphatic carbocycles. The summed E-state index contributed by atoms with van der Waals surface area (Å²) >= 11 is 6.33. The lowest BCUT2D eigenvalue weighted by atomic mass is 9.95. The SMILES string of the molecule is CC1CN(C(=N)N(C)c2ccc(Nc3ncc4c(n3)-c3ccc(Cl)cc3C(c3c(F)cccc3F)=NC4)cc2)C[C@@H](C)N1. The molecule has 0 spiro atoms. The van der Waals surface area contributed by atoms with Gasteiger partial charge in [-0.3, -0.25) is 10.4 Å². The number of guanidine groups is 1. The summed E-state index contributed by atoms with van der Waals surface area (Å²) in [5, 5.41) is 15.9. The van der Waals surface area contributed by atoms with E-state index < -0.39 is 11.6 Å². The van der Waals surface area contributed by atoms with Crippen LogP contribution in [0.25, 0.3) is 11.3 Å². The minimum atomic E-state index is -0.703. The van der Waals surface area contributed by atoms with Crippen LogP contribution in [0.5, 0.6) is 0 Å². The molecule has 4 aromatic rings. The minimum Gasteiger partial charge on any atom is -0.340 e. The average Bonchev–Trinajstić information content (AvgIpc) is 3.13. The molecule has 0 amide bonds. The molecule has 3 aromatic carbocycles. The molecule has 8 nitrogen and oxygen atoms in total. The third-order valence-electron chi connectivity index (χ3n) is 7.65. The quantitative estimate of drug-likeness (QED) is 0.190. The standard InChI is InChI=1S/C32H31ClF2N8/c1-18-16-43(17-19(2)39-18)31(36)42(3)23-10-8-22(9-11-23)40-32-38-15-20-14-37-30(28-26(34)5-4-6-27(28)35)25-13-21(33)7-12-24(25)29(20)41-32/h4-13,15,18-19,36,39H,14,16-17H2,1-3H3,(H,38,40,41)/t18-,19?/m1/s1. The lowest BCUT2D eigenvalue weighted by molar-refractivity contribution is 0.251. The van der Waals surface area contributed by atoms with E-state index >= 15 is 0 Å². The van der Waals surface area contributed by atoms with Crippen LogP contribution in [0.4, 0.5) is 26.1 Å². The number of anilines is 3. The molecule has 43 heavy (non-hydrogen) atoms. The van der Waals surface area contributed by atoms with Gasteiger partial charge in [0.2, 0.25) is 5.95 Å². The highest BCUT2D eigenvalue weighted by molar-refractivity contribution is 6.31. The van der Waals surface area contributed by atoms with Crippen LogP contribution in [-0.2, 0) is 6.54 Å². The number of nitrogens with zero attached hydrogens (tertiary/aromatic N) is 5. The van der Waals surface area contributed by atoms with Crippen LogP contribution in [-0.4, -0.2) is 58.8 Å². The van der Waals surface area contributed by atoms with Crippen molar-refractivity contribution in [3.8, 4) is 11.3 Å². The lowest BCUT2D eigenvalue weighted by Gasteiger charge is -2.39. The topological polar surface area (TPSA) is 92.5 Å². The summed E-state index contributed by atoms with van der Waals surface area (Å²) in [6, 6.07) is 17.2. The molecule has 0 bridgehead atoms. The van der Waals surface area contributed by atoms with Gasteiger partial charge < -0.3 is 20.4 Å². The van der Waals surface area contributed by atoms with Gasteiger partial charge >= 0.3 is 0 Å². The van der Waals surface area contributed by atoms with Crippen LogP contribution in [0, 0.1) is 17.0 Å². The predicted octanol–water partition coefficient (Wildman–Crippen LogP) is 6.22. The number of aromatic nitrogens is 2. The van der Waals surface area contributed by atoms with E-state index in [4.69, 9.17) is 22.0 Å². The summed E-state index contributed by atoms with van der Waals surface area (Å²) in [6.45, 7) is 5.95. The van der Waals surface area contributed by atoms with Crippen molar-refractivity contribution in [2.24, 2.45) is 4.99 Å². The van der Waals surface area contributed by atoms with Crippen molar-refractivity contribution in [2.45, 2.75) is 32.5 Å². The molecule has 1 saturated heterocycles. The number of nitrogens with one attached hydrogen (secondary N) is 3. The van der Waals surface area contributed by atoms with Gasteiger partial charge in [-0.2, -0.15) is 0 Å². The first-order chi connectivity index (χ1) is 20.7. The largest absolute Gasteiger partial charge is 0.340 e. The summed E-state index contributed by atoms with van der Waals surface area (Å²) < 4.78 is 29.7. The molecule has 2 atom stereocenters. The van der Waals surface area contributed by atoms with Gasteiger partial charge in [-0.05, 0) is 62.4 Å². The van der Waals surface area contributed by atoms with E-state index in [1.807, 2.05) is 36.2 Å². The summed E-state index contributed by atoms with van der Waals surface area (Å²) in [5.41, 5.74) is 4.08. The Morgan fingerprint density at radius 2 is 1.72 bits per heavy atom. The number of benzene rings is 3. The van der Waals surface area contributed by atoms with E-state index in [1.54, 1.807) is 24.4 Å². The van der Waals surface area contributed by atoms with Gasteiger partial charge in [-0.1, -0.05) is 23.7 Å². The highest BCUT2D eigenvalue weighted by Crippen LogP contribution is 2.35. The summed E-state index contributed by atoms with van der Waals surface area (Å²) in [6.07, 6.45) is 1.67. The van der Waals surface area contributed by atoms with Gasteiger partial charge in [0.1, 0.15) is 11.6 Å². The van der Waals surface area contributed by atoms with Crippen molar-refractivity contribution in [1.29, 1.82) is 5.41 Å². The normalized spacial score (nSPS) is 17.8. The first-order valence-corrected chi connectivity index (χ1v) is 14.4. The zero-order valence-corrected chi connectivity index (χ0v) is 24.8. The first-order valence-electron chi connectivity index (χ1n) is 14.0. The Balaban J connectivity index is 1.25. The summed E-state index contributed by atoms with van der Waals surface area (Å²) in [5.74, 6) is -0.598. The van der Waals surface area contributed by atoms with E-state index in [9.17, 15) is 8.78 Å².